The average molecular weight is 619 g/mol. The van der Waals surface area contributed by atoms with Gasteiger partial charge in [0.15, 0.2) is 0 Å². The van der Waals surface area contributed by atoms with Crippen molar-refractivity contribution in [3.8, 4) is 0 Å². The number of alkyl halides is 3. The highest BCUT2D eigenvalue weighted by molar-refractivity contribution is 8.00. The van der Waals surface area contributed by atoms with Crippen LogP contribution in [-0.2, 0) is 15.8 Å². The maximum atomic E-state index is 13.3. The van der Waals surface area contributed by atoms with Gasteiger partial charge in [0.1, 0.15) is 5.70 Å². The molecule has 4 rings (SSSR count). The van der Waals surface area contributed by atoms with Gasteiger partial charge in [0.05, 0.1) is 17.0 Å². The minimum Gasteiger partial charge on any atom is -0.378 e. The topological polar surface area (TPSA) is 90.5 Å². The van der Waals surface area contributed by atoms with Crippen molar-refractivity contribution in [3.05, 3.63) is 126 Å². The number of carbonyl (C=O) groups excluding carboxylic acids is 3. The van der Waals surface area contributed by atoms with Crippen LogP contribution in [0, 0.1) is 0 Å². The van der Waals surface area contributed by atoms with Crippen LogP contribution in [0.25, 0.3) is 6.08 Å². The fourth-order valence-electron chi connectivity index (χ4n) is 3.99. The van der Waals surface area contributed by atoms with Crippen molar-refractivity contribution in [1.82, 2.24) is 5.32 Å². The summed E-state index contributed by atoms with van der Waals surface area (Å²) in [6, 6.07) is 27.3. The lowest BCUT2D eigenvalue weighted by Crippen LogP contribution is -2.30. The predicted molar refractivity (Wildman–Crippen MR) is 169 cm³/mol. The molecule has 0 aliphatic heterocycles. The van der Waals surface area contributed by atoms with Crippen molar-refractivity contribution in [2.45, 2.75) is 11.1 Å². The zero-order valence-electron chi connectivity index (χ0n) is 23.8. The highest BCUT2D eigenvalue weighted by Gasteiger charge is 2.33. The van der Waals surface area contributed by atoms with Gasteiger partial charge >= 0.3 is 6.18 Å². The Bertz CT molecular complexity index is 1640. The third-order valence-corrected chi connectivity index (χ3v) is 7.25. The summed E-state index contributed by atoms with van der Waals surface area (Å²) in [4.78, 5) is 41.1. The van der Waals surface area contributed by atoms with E-state index in [1.807, 2.05) is 43.3 Å². The summed E-state index contributed by atoms with van der Waals surface area (Å²) >= 11 is 1.13. The van der Waals surface area contributed by atoms with E-state index in [1.165, 1.54) is 18.2 Å². The number of nitrogens with one attached hydrogen (secondary N) is 3. The minimum absolute atomic E-state index is 0.0331. The van der Waals surface area contributed by atoms with E-state index in [9.17, 15) is 27.6 Å². The van der Waals surface area contributed by atoms with Crippen LogP contribution in [0.5, 0.6) is 0 Å². The molecular formula is C33H29F3N4O3S. The van der Waals surface area contributed by atoms with E-state index in [-0.39, 0.29) is 17.1 Å². The molecule has 0 bridgehead atoms. The van der Waals surface area contributed by atoms with Gasteiger partial charge in [-0.15, -0.1) is 11.8 Å². The summed E-state index contributed by atoms with van der Waals surface area (Å²) in [6.07, 6.45) is -3.01. The molecule has 0 saturated heterocycles. The molecular weight excluding hydrogens is 589 g/mol. The van der Waals surface area contributed by atoms with Crippen LogP contribution in [0.4, 0.5) is 30.2 Å². The first kappa shape index (κ1) is 31.9. The molecule has 44 heavy (non-hydrogen) atoms. The second-order valence-corrected chi connectivity index (χ2v) is 10.8. The molecule has 4 aromatic carbocycles. The molecule has 3 N–H and O–H groups in total. The molecule has 0 spiro atoms. The van der Waals surface area contributed by atoms with Crippen molar-refractivity contribution < 1.29 is 27.6 Å². The average Bonchev–Trinajstić information content (AvgIpc) is 3.00. The van der Waals surface area contributed by atoms with Gasteiger partial charge in [-0.1, -0.05) is 42.5 Å². The summed E-state index contributed by atoms with van der Waals surface area (Å²) in [6.45, 7) is 0. The molecule has 0 atom stereocenters. The molecule has 0 heterocycles. The van der Waals surface area contributed by atoms with E-state index in [2.05, 4.69) is 16.0 Å². The summed E-state index contributed by atoms with van der Waals surface area (Å²) in [5.74, 6) is -1.70. The first-order valence-electron chi connectivity index (χ1n) is 13.4. The Kier molecular flexibility index (Phi) is 10.5. The van der Waals surface area contributed by atoms with Crippen LogP contribution >= 0.6 is 11.8 Å². The van der Waals surface area contributed by atoms with Gasteiger partial charge in [-0.2, -0.15) is 13.2 Å². The number of carbonyl (C=O) groups is 3. The van der Waals surface area contributed by atoms with Crippen molar-refractivity contribution >= 4 is 52.6 Å². The summed E-state index contributed by atoms with van der Waals surface area (Å²) in [7, 11) is 3.83. The molecule has 0 unspecified atom stereocenters. The van der Waals surface area contributed by atoms with E-state index in [1.54, 1.807) is 60.7 Å². The van der Waals surface area contributed by atoms with Crippen LogP contribution in [0.2, 0.25) is 0 Å². The Morgan fingerprint density at radius 2 is 1.43 bits per heavy atom. The van der Waals surface area contributed by atoms with Crippen molar-refractivity contribution in [1.29, 1.82) is 0 Å². The molecule has 0 fully saturated rings. The number of hydrogen-bond acceptors (Lipinski definition) is 5. The number of rotatable bonds is 10. The summed E-state index contributed by atoms with van der Waals surface area (Å²) in [5, 5.41) is 7.78. The maximum absolute atomic E-state index is 13.3. The fourth-order valence-corrected chi connectivity index (χ4v) is 4.68. The lowest BCUT2D eigenvalue weighted by molar-refractivity contribution is -0.137. The quantitative estimate of drug-likeness (QED) is 0.133. The molecule has 0 radical (unpaired) electrons. The number of para-hydroxylation sites is 1. The van der Waals surface area contributed by atoms with Crippen LogP contribution in [0.3, 0.4) is 0 Å². The van der Waals surface area contributed by atoms with Gasteiger partial charge in [0, 0.05) is 35.9 Å². The lowest BCUT2D eigenvalue weighted by Gasteiger charge is -2.14. The van der Waals surface area contributed by atoms with Gasteiger partial charge in [-0.3, -0.25) is 14.4 Å². The smallest absolute Gasteiger partial charge is 0.378 e. The highest BCUT2D eigenvalue weighted by atomic mass is 32.2. The SMILES string of the molecule is CN(C)c1ccc(/C=C(\NC(=O)c2ccccc2)C(=O)Nc2ccc(SCC(=O)Nc3ccccc3C(F)(F)F)cc2)cc1. The lowest BCUT2D eigenvalue weighted by atomic mass is 10.1. The van der Waals surface area contributed by atoms with E-state index in [0.717, 1.165) is 23.5 Å². The highest BCUT2D eigenvalue weighted by Crippen LogP contribution is 2.34. The summed E-state index contributed by atoms with van der Waals surface area (Å²) < 4.78 is 39.6. The second kappa shape index (κ2) is 14.4. The molecule has 11 heteroatoms. The number of hydrogen-bond donors (Lipinski definition) is 3. The largest absolute Gasteiger partial charge is 0.418 e. The van der Waals surface area contributed by atoms with E-state index in [4.69, 9.17) is 0 Å². The molecule has 226 valence electrons. The van der Waals surface area contributed by atoms with E-state index < -0.39 is 29.5 Å². The third-order valence-electron chi connectivity index (χ3n) is 6.24. The third kappa shape index (κ3) is 8.98. The molecule has 0 aliphatic carbocycles. The van der Waals surface area contributed by atoms with Gasteiger partial charge in [0.2, 0.25) is 5.91 Å². The minimum atomic E-state index is -4.59. The van der Waals surface area contributed by atoms with Crippen molar-refractivity contribution in [2.75, 3.05) is 35.4 Å². The second-order valence-electron chi connectivity index (χ2n) is 9.72. The summed E-state index contributed by atoms with van der Waals surface area (Å²) in [5.41, 5.74) is 1.32. The van der Waals surface area contributed by atoms with Crippen molar-refractivity contribution in [2.24, 2.45) is 0 Å². The number of halogens is 3. The normalized spacial score (nSPS) is 11.4. The van der Waals surface area contributed by atoms with E-state index in [0.29, 0.717) is 21.7 Å². The predicted octanol–water partition coefficient (Wildman–Crippen LogP) is 6.91. The Labute approximate surface area is 257 Å². The monoisotopic (exact) mass is 618 g/mol. The zero-order valence-corrected chi connectivity index (χ0v) is 24.6. The number of anilines is 3. The van der Waals surface area contributed by atoms with Gasteiger partial charge < -0.3 is 20.9 Å². The maximum Gasteiger partial charge on any atom is 0.418 e. The zero-order chi connectivity index (χ0) is 31.7. The Morgan fingerprint density at radius 1 is 0.795 bits per heavy atom. The number of thioether (sulfide) groups is 1. The molecule has 0 aromatic heterocycles. The molecule has 0 saturated carbocycles. The fraction of sp³-hybridized carbons (Fsp3) is 0.121. The van der Waals surface area contributed by atoms with Gasteiger partial charge in [-0.05, 0) is 72.3 Å². The van der Waals surface area contributed by atoms with E-state index >= 15 is 0 Å². The van der Waals surface area contributed by atoms with Crippen LogP contribution in [-0.4, -0.2) is 37.6 Å². The molecule has 4 aromatic rings. The Balaban J connectivity index is 1.42. The van der Waals surface area contributed by atoms with Crippen molar-refractivity contribution in [3.63, 3.8) is 0 Å². The van der Waals surface area contributed by atoms with Crippen LogP contribution in [0.15, 0.2) is 114 Å². The van der Waals surface area contributed by atoms with Gasteiger partial charge in [-0.25, -0.2) is 0 Å². The number of benzene rings is 4. The first-order valence-corrected chi connectivity index (χ1v) is 14.3. The van der Waals surface area contributed by atoms with Crippen LogP contribution < -0.4 is 20.9 Å². The molecule has 0 aliphatic rings. The number of nitrogens with zero attached hydrogens (tertiary/aromatic N) is 1. The van der Waals surface area contributed by atoms with Gasteiger partial charge in [0.25, 0.3) is 11.8 Å². The first-order chi connectivity index (χ1) is 21.0. The molecule has 7 nitrogen and oxygen atoms in total. The van der Waals surface area contributed by atoms with Crippen LogP contribution in [0.1, 0.15) is 21.5 Å². The number of amides is 3. The standard InChI is InChI=1S/C33H29F3N4O3S/c1-40(2)25-16-12-22(13-17-25)20-29(39-31(42)23-8-4-3-5-9-23)32(43)37-24-14-18-26(19-15-24)44-21-30(41)38-28-11-7-6-10-27(28)33(34,35)36/h3-20H,21H2,1-2H3,(H,37,43)(H,38,41)(H,39,42)/b29-20-. The molecule has 3 amide bonds. The Hall–Kier alpha value is -5.03. The Morgan fingerprint density at radius 3 is 2.07 bits per heavy atom.